The van der Waals surface area contributed by atoms with Crippen molar-refractivity contribution >= 4 is 16.8 Å². The van der Waals surface area contributed by atoms with Crippen LogP contribution in [0.1, 0.15) is 16.7 Å². The van der Waals surface area contributed by atoms with Gasteiger partial charge in [0.1, 0.15) is 0 Å². The van der Waals surface area contributed by atoms with Gasteiger partial charge in [0.2, 0.25) is 0 Å². The molecule has 4 nitrogen and oxygen atoms in total. The van der Waals surface area contributed by atoms with E-state index in [4.69, 9.17) is 0 Å². The number of benzene rings is 2. The number of carbonyl (C=O) groups excluding carboxylic acids is 1. The van der Waals surface area contributed by atoms with E-state index < -0.39 is 10.8 Å². The highest BCUT2D eigenvalue weighted by atomic mass is 32.2. The van der Waals surface area contributed by atoms with Crippen LogP contribution in [0.25, 0.3) is 0 Å². The summed E-state index contributed by atoms with van der Waals surface area (Å²) in [5.74, 6) is 0.973. The fourth-order valence-electron chi connectivity index (χ4n) is 2.06. The van der Waals surface area contributed by atoms with Crippen LogP contribution in [-0.4, -0.2) is 22.5 Å². The highest BCUT2D eigenvalue weighted by Gasteiger charge is 2.04. The average Bonchev–Trinajstić information content (AvgIpc) is 2.55. The maximum atomic E-state index is 11.9. The van der Waals surface area contributed by atoms with Crippen LogP contribution < -0.4 is 10.6 Å². The fraction of sp³-hybridized carbons (Fsp3) is 0.278. The van der Waals surface area contributed by atoms with E-state index in [1.54, 1.807) is 0 Å². The Kier molecular flexibility index (Phi) is 6.81. The van der Waals surface area contributed by atoms with Gasteiger partial charge in [-0.05, 0) is 18.1 Å². The van der Waals surface area contributed by atoms with Crippen LogP contribution in [-0.2, 0) is 23.1 Å². The molecular weight excluding hydrogens is 308 g/mol. The smallest absolute Gasteiger partial charge is 0.315 e. The van der Waals surface area contributed by atoms with Gasteiger partial charge in [0, 0.05) is 35.4 Å². The lowest BCUT2D eigenvalue weighted by Gasteiger charge is -2.08. The zero-order chi connectivity index (χ0) is 16.5. The average molecular weight is 330 g/mol. The normalized spacial score (nSPS) is 11.7. The molecule has 0 aliphatic carbocycles. The molecule has 2 rings (SSSR count). The number of nitrogens with one attached hydrogen (secondary N) is 2. The van der Waals surface area contributed by atoms with E-state index in [2.05, 4.69) is 10.6 Å². The summed E-state index contributed by atoms with van der Waals surface area (Å²) in [6, 6.07) is 17.5. The van der Waals surface area contributed by atoms with E-state index in [0.29, 0.717) is 24.6 Å². The summed E-state index contributed by atoms with van der Waals surface area (Å²) in [7, 11) is -0.972. The van der Waals surface area contributed by atoms with Gasteiger partial charge in [0.25, 0.3) is 0 Å². The number of hydrogen-bond donors (Lipinski definition) is 2. The standard InChI is InChI=1S/C18H22N2O2S/c1-15-7-9-16(10-8-15)13-20-18(21)19-11-12-23(22)14-17-5-3-2-4-6-17/h2-10H,11-14H2,1H3,(H2,19,20,21). The third-order valence-electron chi connectivity index (χ3n) is 3.36. The summed E-state index contributed by atoms with van der Waals surface area (Å²) < 4.78 is 11.9. The van der Waals surface area contributed by atoms with Crippen molar-refractivity contribution in [3.05, 3.63) is 71.3 Å². The van der Waals surface area contributed by atoms with E-state index >= 15 is 0 Å². The minimum atomic E-state index is -0.972. The molecule has 122 valence electrons. The number of hydrogen-bond acceptors (Lipinski definition) is 2. The van der Waals surface area contributed by atoms with Crippen LogP contribution in [0.2, 0.25) is 0 Å². The summed E-state index contributed by atoms with van der Waals surface area (Å²) in [6.45, 7) is 2.91. The molecule has 0 bridgehead atoms. The Bertz CT molecular complexity index is 642. The van der Waals surface area contributed by atoms with Crippen molar-refractivity contribution in [3.63, 3.8) is 0 Å². The van der Waals surface area contributed by atoms with Gasteiger partial charge >= 0.3 is 6.03 Å². The van der Waals surface area contributed by atoms with Gasteiger partial charge in [0.15, 0.2) is 0 Å². The topological polar surface area (TPSA) is 58.2 Å². The van der Waals surface area contributed by atoms with E-state index in [-0.39, 0.29) is 6.03 Å². The first kappa shape index (κ1) is 17.2. The van der Waals surface area contributed by atoms with Crippen LogP contribution in [0.3, 0.4) is 0 Å². The quantitative estimate of drug-likeness (QED) is 0.820. The molecule has 2 amide bonds. The second-order valence-electron chi connectivity index (χ2n) is 5.37. The minimum Gasteiger partial charge on any atom is -0.337 e. The van der Waals surface area contributed by atoms with Crippen LogP contribution in [0.5, 0.6) is 0 Å². The van der Waals surface area contributed by atoms with Crippen molar-refractivity contribution < 1.29 is 9.00 Å². The number of urea groups is 1. The second-order valence-corrected chi connectivity index (χ2v) is 6.95. The molecule has 0 radical (unpaired) electrons. The lowest BCUT2D eigenvalue weighted by atomic mass is 10.1. The molecule has 2 aromatic carbocycles. The summed E-state index contributed by atoms with van der Waals surface area (Å²) in [6.07, 6.45) is 0. The van der Waals surface area contributed by atoms with Gasteiger partial charge in [-0.25, -0.2) is 4.79 Å². The first-order valence-electron chi connectivity index (χ1n) is 7.59. The van der Waals surface area contributed by atoms with Gasteiger partial charge in [-0.2, -0.15) is 0 Å². The van der Waals surface area contributed by atoms with E-state index in [9.17, 15) is 9.00 Å². The highest BCUT2D eigenvalue weighted by molar-refractivity contribution is 7.84. The maximum absolute atomic E-state index is 11.9. The molecule has 1 unspecified atom stereocenters. The summed E-state index contributed by atoms with van der Waals surface area (Å²) in [4.78, 5) is 11.7. The highest BCUT2D eigenvalue weighted by Crippen LogP contribution is 2.03. The maximum Gasteiger partial charge on any atom is 0.315 e. The molecule has 2 N–H and O–H groups in total. The van der Waals surface area contributed by atoms with Crippen molar-refractivity contribution in [2.75, 3.05) is 12.3 Å². The molecule has 1 atom stereocenters. The van der Waals surface area contributed by atoms with Crippen molar-refractivity contribution in [2.45, 2.75) is 19.2 Å². The first-order valence-corrected chi connectivity index (χ1v) is 9.08. The summed E-state index contributed by atoms with van der Waals surface area (Å²) in [5.41, 5.74) is 3.30. The number of amides is 2. The van der Waals surface area contributed by atoms with E-state index in [1.165, 1.54) is 5.56 Å². The Morgan fingerprint density at radius 2 is 1.65 bits per heavy atom. The largest absolute Gasteiger partial charge is 0.337 e. The summed E-state index contributed by atoms with van der Waals surface area (Å²) >= 11 is 0. The number of rotatable bonds is 7. The molecule has 0 saturated carbocycles. The Hall–Kier alpha value is -2.14. The van der Waals surface area contributed by atoms with Crippen molar-refractivity contribution in [1.29, 1.82) is 0 Å². The van der Waals surface area contributed by atoms with E-state index in [0.717, 1.165) is 11.1 Å². The zero-order valence-corrected chi connectivity index (χ0v) is 14.1. The molecule has 2 aromatic rings. The molecule has 0 saturated heterocycles. The second kappa shape index (κ2) is 9.10. The van der Waals surface area contributed by atoms with Gasteiger partial charge < -0.3 is 10.6 Å². The molecular formula is C18H22N2O2S. The molecule has 0 aliphatic rings. The van der Waals surface area contributed by atoms with Crippen LogP contribution in [0.15, 0.2) is 54.6 Å². The van der Waals surface area contributed by atoms with Crippen molar-refractivity contribution in [2.24, 2.45) is 0 Å². The van der Waals surface area contributed by atoms with Crippen molar-refractivity contribution in [3.8, 4) is 0 Å². The Morgan fingerprint density at radius 1 is 0.957 bits per heavy atom. The molecule has 0 aliphatic heterocycles. The van der Waals surface area contributed by atoms with Gasteiger partial charge in [-0.15, -0.1) is 0 Å². The third-order valence-corrected chi connectivity index (χ3v) is 4.67. The molecule has 5 heteroatoms. The van der Waals surface area contributed by atoms with Crippen LogP contribution >= 0.6 is 0 Å². The molecule has 0 heterocycles. The zero-order valence-electron chi connectivity index (χ0n) is 13.2. The summed E-state index contributed by atoms with van der Waals surface area (Å²) in [5, 5.41) is 5.53. The Morgan fingerprint density at radius 3 is 2.35 bits per heavy atom. The van der Waals surface area contributed by atoms with Gasteiger partial charge in [-0.1, -0.05) is 60.2 Å². The molecule has 0 fully saturated rings. The third kappa shape index (κ3) is 6.65. The Balaban J connectivity index is 1.62. The molecule has 0 aromatic heterocycles. The molecule has 23 heavy (non-hydrogen) atoms. The fourth-order valence-corrected chi connectivity index (χ4v) is 3.10. The number of carbonyl (C=O) groups is 1. The van der Waals surface area contributed by atoms with Crippen LogP contribution in [0.4, 0.5) is 4.79 Å². The van der Waals surface area contributed by atoms with E-state index in [1.807, 2.05) is 61.5 Å². The predicted octanol–water partition coefficient (Wildman–Crippen LogP) is 2.74. The molecule has 0 spiro atoms. The monoisotopic (exact) mass is 330 g/mol. The predicted molar refractivity (Wildman–Crippen MR) is 94.6 cm³/mol. The number of aryl methyl sites for hydroxylation is 1. The van der Waals surface area contributed by atoms with Crippen LogP contribution in [0, 0.1) is 6.92 Å². The SMILES string of the molecule is Cc1ccc(CNC(=O)NCCS(=O)Cc2ccccc2)cc1. The van der Waals surface area contributed by atoms with Gasteiger partial charge in [-0.3, -0.25) is 4.21 Å². The Labute approximate surface area is 139 Å². The lowest BCUT2D eigenvalue weighted by molar-refractivity contribution is 0.241. The first-order chi connectivity index (χ1) is 11.1. The minimum absolute atomic E-state index is 0.234. The lowest BCUT2D eigenvalue weighted by Crippen LogP contribution is -2.37. The van der Waals surface area contributed by atoms with Gasteiger partial charge in [0.05, 0.1) is 0 Å². The van der Waals surface area contributed by atoms with Crippen molar-refractivity contribution in [1.82, 2.24) is 10.6 Å².